The molecule has 37 heavy (non-hydrogen) atoms. The van der Waals surface area contributed by atoms with Crippen molar-refractivity contribution >= 4 is 17.5 Å². The molecule has 0 saturated carbocycles. The van der Waals surface area contributed by atoms with Gasteiger partial charge in [-0.1, -0.05) is 74.5 Å². The topological polar surface area (TPSA) is 62.6 Å². The highest BCUT2D eigenvalue weighted by Gasteiger charge is 2.25. The molecule has 5 heteroatoms. The van der Waals surface area contributed by atoms with Gasteiger partial charge in [-0.15, -0.1) is 0 Å². The Balaban J connectivity index is 1.30. The Labute approximate surface area is 218 Å². The highest BCUT2D eigenvalue weighted by Crippen LogP contribution is 2.31. The molecule has 2 heterocycles. The number of hydrogen-bond acceptors (Lipinski definition) is 3. The first kappa shape index (κ1) is 24.6. The average Bonchev–Trinajstić information content (AvgIpc) is 3.34. The highest BCUT2D eigenvalue weighted by molar-refractivity contribution is 5.98. The van der Waals surface area contributed by atoms with Crippen LogP contribution in [0.1, 0.15) is 48.6 Å². The molecule has 0 radical (unpaired) electrons. The molecule has 0 fully saturated rings. The first-order valence-electron chi connectivity index (χ1n) is 12.9. The molecule has 0 bridgehead atoms. The molecule has 0 saturated heterocycles. The van der Waals surface area contributed by atoms with Crippen molar-refractivity contribution in [1.82, 2.24) is 4.90 Å². The second-order valence-electron chi connectivity index (χ2n) is 10.0. The molecule has 0 aliphatic carbocycles. The van der Waals surface area contributed by atoms with Gasteiger partial charge in [-0.05, 0) is 47.4 Å². The van der Waals surface area contributed by atoms with Crippen LogP contribution < -0.4 is 5.32 Å². The molecular formula is C32H32N2O3. The van der Waals surface area contributed by atoms with Gasteiger partial charge >= 0.3 is 0 Å². The molecule has 1 aliphatic heterocycles. The number of nitrogens with zero attached hydrogens (tertiary/aromatic N) is 1. The Bertz CT molecular complexity index is 1320. The molecule has 188 valence electrons. The van der Waals surface area contributed by atoms with E-state index >= 15 is 0 Å². The Morgan fingerprint density at radius 2 is 1.51 bits per heavy atom. The van der Waals surface area contributed by atoms with Gasteiger partial charge in [-0.25, -0.2) is 0 Å². The number of carbonyl (C=O) groups is 2. The van der Waals surface area contributed by atoms with Crippen molar-refractivity contribution in [3.63, 3.8) is 0 Å². The van der Waals surface area contributed by atoms with Gasteiger partial charge in [0, 0.05) is 42.7 Å². The van der Waals surface area contributed by atoms with Crippen molar-refractivity contribution in [2.24, 2.45) is 5.92 Å². The van der Waals surface area contributed by atoms with Crippen molar-refractivity contribution in [3.8, 4) is 11.3 Å². The summed E-state index contributed by atoms with van der Waals surface area (Å²) in [4.78, 5) is 27.8. The third-order valence-corrected chi connectivity index (χ3v) is 6.77. The Kier molecular flexibility index (Phi) is 7.22. The molecule has 1 aliphatic rings. The van der Waals surface area contributed by atoms with Crippen LogP contribution in [0.3, 0.4) is 0 Å². The number of carbonyl (C=O) groups excluding carboxylic acids is 2. The quantitative estimate of drug-likeness (QED) is 0.314. The smallest absolute Gasteiger partial charge is 0.236 e. The summed E-state index contributed by atoms with van der Waals surface area (Å²) < 4.78 is 6.15. The van der Waals surface area contributed by atoms with Gasteiger partial charge in [0.1, 0.15) is 11.5 Å². The number of furan rings is 1. The highest BCUT2D eigenvalue weighted by atomic mass is 16.3. The van der Waals surface area contributed by atoms with Crippen LogP contribution in [0.2, 0.25) is 0 Å². The van der Waals surface area contributed by atoms with Crippen molar-refractivity contribution < 1.29 is 14.0 Å². The maximum absolute atomic E-state index is 13.4. The minimum Gasteiger partial charge on any atom is -0.461 e. The van der Waals surface area contributed by atoms with Crippen LogP contribution >= 0.6 is 0 Å². The van der Waals surface area contributed by atoms with E-state index in [1.165, 1.54) is 0 Å². The lowest BCUT2D eigenvalue weighted by molar-refractivity contribution is -0.133. The summed E-state index contributed by atoms with van der Waals surface area (Å²) in [5, 5.41) is 3.09. The molecule has 0 unspecified atom stereocenters. The summed E-state index contributed by atoms with van der Waals surface area (Å²) in [7, 11) is 0. The van der Waals surface area contributed by atoms with Crippen LogP contribution in [0, 0.1) is 5.92 Å². The van der Waals surface area contributed by atoms with Crippen molar-refractivity contribution in [2.75, 3.05) is 11.9 Å². The van der Waals surface area contributed by atoms with E-state index in [0.717, 1.165) is 45.9 Å². The summed E-state index contributed by atoms with van der Waals surface area (Å²) >= 11 is 0. The predicted octanol–water partition coefficient (Wildman–Crippen LogP) is 6.65. The molecule has 1 aromatic heterocycles. The molecule has 3 aromatic carbocycles. The Morgan fingerprint density at radius 3 is 2.11 bits per heavy atom. The van der Waals surface area contributed by atoms with Crippen LogP contribution in [0.5, 0.6) is 0 Å². The Morgan fingerprint density at radius 1 is 0.892 bits per heavy atom. The van der Waals surface area contributed by atoms with Crippen LogP contribution in [0.15, 0.2) is 95.4 Å². The number of fused-ring (bicyclic) bond motifs is 1. The number of hydrogen-bond donors (Lipinski definition) is 1. The number of rotatable bonds is 7. The van der Waals surface area contributed by atoms with Crippen molar-refractivity contribution in [1.29, 1.82) is 0 Å². The second kappa shape index (κ2) is 10.9. The fourth-order valence-corrected chi connectivity index (χ4v) is 4.88. The van der Waals surface area contributed by atoms with E-state index in [9.17, 15) is 9.59 Å². The van der Waals surface area contributed by atoms with Gasteiger partial charge in [0.05, 0.1) is 5.92 Å². The van der Waals surface area contributed by atoms with Gasteiger partial charge < -0.3 is 14.6 Å². The lowest BCUT2D eigenvalue weighted by Gasteiger charge is -2.26. The van der Waals surface area contributed by atoms with Gasteiger partial charge in [-0.3, -0.25) is 9.59 Å². The minimum atomic E-state index is -0.403. The third kappa shape index (κ3) is 5.67. The van der Waals surface area contributed by atoms with Gasteiger partial charge in [0.2, 0.25) is 11.8 Å². The number of benzene rings is 3. The van der Waals surface area contributed by atoms with Crippen LogP contribution in [0.25, 0.3) is 11.3 Å². The Hall–Kier alpha value is -4.12. The summed E-state index contributed by atoms with van der Waals surface area (Å²) in [6.45, 7) is 5.43. The zero-order valence-corrected chi connectivity index (χ0v) is 21.3. The monoisotopic (exact) mass is 492 g/mol. The van der Waals surface area contributed by atoms with Crippen LogP contribution in [0.4, 0.5) is 5.69 Å². The molecule has 5 nitrogen and oxygen atoms in total. The molecule has 1 N–H and O–H groups in total. The van der Waals surface area contributed by atoms with Crippen molar-refractivity contribution in [2.45, 2.75) is 39.2 Å². The van der Waals surface area contributed by atoms with E-state index in [0.29, 0.717) is 25.4 Å². The summed E-state index contributed by atoms with van der Waals surface area (Å²) in [5.41, 5.74) is 4.64. The standard InChI is InChI=1S/C32H32N2O3/c1-22(2)19-30(35)34-18-17-28-26(21-34)20-29(37-28)23-13-15-27(16-14-23)33-32(36)31(24-9-5-3-6-10-24)25-11-7-4-8-12-25/h3-16,20,22,31H,17-19,21H2,1-2H3,(H,33,36). The number of amides is 2. The fourth-order valence-electron chi connectivity index (χ4n) is 4.88. The molecule has 4 aromatic rings. The predicted molar refractivity (Wildman–Crippen MR) is 146 cm³/mol. The molecule has 0 atom stereocenters. The normalized spacial score (nSPS) is 13.0. The van der Waals surface area contributed by atoms with Crippen LogP contribution in [-0.4, -0.2) is 23.3 Å². The lowest BCUT2D eigenvalue weighted by atomic mass is 9.90. The van der Waals surface area contributed by atoms with E-state index < -0.39 is 5.92 Å². The van der Waals surface area contributed by atoms with E-state index in [4.69, 9.17) is 4.42 Å². The first-order valence-corrected chi connectivity index (χ1v) is 12.9. The molecule has 0 spiro atoms. The summed E-state index contributed by atoms with van der Waals surface area (Å²) in [6, 6.07) is 29.4. The largest absolute Gasteiger partial charge is 0.461 e. The zero-order valence-electron chi connectivity index (χ0n) is 21.3. The first-order chi connectivity index (χ1) is 18.0. The van der Waals surface area contributed by atoms with Gasteiger partial charge in [0.15, 0.2) is 0 Å². The van der Waals surface area contributed by atoms with E-state index in [1.54, 1.807) is 0 Å². The number of nitrogens with one attached hydrogen (secondary N) is 1. The van der Waals surface area contributed by atoms with E-state index in [2.05, 4.69) is 19.2 Å². The SMILES string of the molecule is CC(C)CC(=O)N1CCc2oc(-c3ccc(NC(=O)C(c4ccccc4)c4ccccc4)cc3)cc2C1. The zero-order chi connectivity index (χ0) is 25.8. The lowest BCUT2D eigenvalue weighted by Crippen LogP contribution is -2.35. The minimum absolute atomic E-state index is 0.0789. The van der Waals surface area contributed by atoms with Gasteiger partial charge in [-0.2, -0.15) is 0 Å². The van der Waals surface area contributed by atoms with Gasteiger partial charge in [0.25, 0.3) is 0 Å². The summed E-state index contributed by atoms with van der Waals surface area (Å²) in [5.74, 6) is 1.81. The summed E-state index contributed by atoms with van der Waals surface area (Å²) in [6.07, 6.45) is 1.30. The average molecular weight is 493 g/mol. The fraction of sp³-hybridized carbons (Fsp3) is 0.250. The molecular weight excluding hydrogens is 460 g/mol. The number of anilines is 1. The van der Waals surface area contributed by atoms with Crippen molar-refractivity contribution in [3.05, 3.63) is 113 Å². The maximum atomic E-state index is 13.4. The maximum Gasteiger partial charge on any atom is 0.236 e. The van der Waals surface area contributed by atoms with E-state index in [-0.39, 0.29) is 11.8 Å². The molecule has 5 rings (SSSR count). The molecule has 2 amide bonds. The third-order valence-electron chi connectivity index (χ3n) is 6.77. The second-order valence-corrected chi connectivity index (χ2v) is 10.0. The van der Waals surface area contributed by atoms with E-state index in [1.807, 2.05) is 95.9 Å². The van der Waals surface area contributed by atoms with Crippen LogP contribution in [-0.2, 0) is 22.6 Å².